The van der Waals surface area contributed by atoms with Gasteiger partial charge in [-0.2, -0.15) is 4.98 Å². The van der Waals surface area contributed by atoms with E-state index in [-0.39, 0.29) is 22.5 Å². The van der Waals surface area contributed by atoms with Crippen molar-refractivity contribution in [1.82, 2.24) is 9.97 Å². The number of unbranched alkanes of at least 4 members (excludes halogenated alkanes) is 1. The first-order valence-electron chi connectivity index (χ1n) is 4.98. The summed E-state index contributed by atoms with van der Waals surface area (Å²) in [4.78, 5) is 17.7. The third kappa shape index (κ3) is 3.67. The van der Waals surface area contributed by atoms with Gasteiger partial charge in [-0.1, -0.05) is 6.08 Å². The van der Waals surface area contributed by atoms with E-state index in [2.05, 4.69) is 16.5 Å². The molecule has 0 saturated carbocycles. The van der Waals surface area contributed by atoms with Crippen molar-refractivity contribution >= 4 is 17.3 Å². The highest BCUT2D eigenvalue weighted by Gasteiger charge is 2.22. The number of rotatable bonds is 6. The molecule has 1 rings (SSSR count). The number of hydrogen-bond acceptors (Lipinski definition) is 5. The normalized spacial score (nSPS) is 10.0. The molecule has 0 aliphatic carbocycles. The number of hydrogen-bond donors (Lipinski definition) is 0. The second-order valence-corrected chi connectivity index (χ2v) is 3.61. The van der Waals surface area contributed by atoms with Crippen molar-refractivity contribution in [3.63, 3.8) is 0 Å². The van der Waals surface area contributed by atoms with Crippen molar-refractivity contribution in [2.75, 3.05) is 6.61 Å². The lowest BCUT2D eigenvalue weighted by Crippen LogP contribution is -2.05. The quantitative estimate of drug-likeness (QED) is 0.257. The molecule has 0 bridgehead atoms. The van der Waals surface area contributed by atoms with E-state index in [1.807, 2.05) is 0 Å². The molecule has 0 spiro atoms. The molecule has 0 radical (unpaired) electrons. The fourth-order valence-electron chi connectivity index (χ4n) is 1.22. The molecule has 0 atom stereocenters. The number of aromatic nitrogens is 2. The average molecular weight is 258 g/mol. The fourth-order valence-corrected chi connectivity index (χ4v) is 1.42. The van der Waals surface area contributed by atoms with Crippen LogP contribution in [-0.4, -0.2) is 21.5 Å². The van der Waals surface area contributed by atoms with Gasteiger partial charge in [0.1, 0.15) is 5.69 Å². The summed E-state index contributed by atoms with van der Waals surface area (Å²) >= 11 is 5.63. The molecule has 0 aromatic carbocycles. The van der Waals surface area contributed by atoms with Crippen LogP contribution in [0.3, 0.4) is 0 Å². The molecule has 0 fully saturated rings. The Morgan fingerprint density at radius 2 is 2.29 bits per heavy atom. The summed E-state index contributed by atoms with van der Waals surface area (Å²) in [6, 6.07) is 0. The van der Waals surface area contributed by atoms with Crippen molar-refractivity contribution in [3.8, 4) is 5.88 Å². The van der Waals surface area contributed by atoms with Gasteiger partial charge in [-0.15, -0.1) is 6.58 Å². The van der Waals surface area contributed by atoms with Crippen molar-refractivity contribution in [2.45, 2.75) is 19.8 Å². The maximum atomic E-state index is 10.8. The van der Waals surface area contributed by atoms with E-state index in [4.69, 9.17) is 16.3 Å². The first-order chi connectivity index (χ1) is 8.06. The van der Waals surface area contributed by atoms with Gasteiger partial charge in [0.25, 0.3) is 5.88 Å². The lowest BCUT2D eigenvalue weighted by Gasteiger charge is -2.06. The van der Waals surface area contributed by atoms with Crippen LogP contribution in [0.15, 0.2) is 12.7 Å². The van der Waals surface area contributed by atoms with E-state index >= 15 is 0 Å². The number of ether oxygens (including phenoxy) is 1. The Bertz CT molecular complexity index is 437. The third-order valence-electron chi connectivity index (χ3n) is 1.97. The summed E-state index contributed by atoms with van der Waals surface area (Å²) in [6.45, 7) is 5.38. The monoisotopic (exact) mass is 257 g/mol. The van der Waals surface area contributed by atoms with E-state index in [0.717, 1.165) is 6.42 Å². The predicted molar refractivity (Wildman–Crippen MR) is 63.4 cm³/mol. The van der Waals surface area contributed by atoms with Crippen molar-refractivity contribution < 1.29 is 9.66 Å². The molecule has 6 nitrogen and oxygen atoms in total. The van der Waals surface area contributed by atoms with Crippen LogP contribution in [0.4, 0.5) is 5.69 Å². The first kappa shape index (κ1) is 13.4. The van der Waals surface area contributed by atoms with E-state index in [1.165, 1.54) is 6.92 Å². The number of aryl methyl sites for hydroxylation is 1. The van der Waals surface area contributed by atoms with Gasteiger partial charge in [0.05, 0.1) is 11.5 Å². The topological polar surface area (TPSA) is 78.2 Å². The zero-order valence-electron chi connectivity index (χ0n) is 9.35. The highest BCUT2D eigenvalue weighted by molar-refractivity contribution is 6.28. The predicted octanol–water partition coefficient (Wildman–Crippen LogP) is 2.69. The third-order valence-corrected chi connectivity index (χ3v) is 2.14. The number of nitrogens with zero attached hydrogens (tertiary/aromatic N) is 3. The minimum absolute atomic E-state index is 0.0631. The van der Waals surface area contributed by atoms with Crippen molar-refractivity contribution in [3.05, 3.63) is 33.7 Å². The fraction of sp³-hybridized carbons (Fsp3) is 0.400. The molecule has 0 N–H and O–H groups in total. The minimum atomic E-state index is -0.575. The van der Waals surface area contributed by atoms with Gasteiger partial charge in [0, 0.05) is 0 Å². The molecule has 0 aliphatic heterocycles. The Balaban J connectivity index is 2.88. The summed E-state index contributed by atoms with van der Waals surface area (Å²) in [5.74, 6) is -0.0865. The maximum absolute atomic E-state index is 10.8. The Morgan fingerprint density at radius 1 is 1.59 bits per heavy atom. The molecule has 1 heterocycles. The van der Waals surface area contributed by atoms with Crippen molar-refractivity contribution in [2.24, 2.45) is 0 Å². The highest BCUT2D eigenvalue weighted by Crippen LogP contribution is 2.28. The molecule has 0 amide bonds. The van der Waals surface area contributed by atoms with Gasteiger partial charge in [0.2, 0.25) is 5.28 Å². The Hall–Kier alpha value is -1.69. The lowest BCUT2D eigenvalue weighted by molar-refractivity contribution is -0.387. The molecule has 1 aromatic rings. The summed E-state index contributed by atoms with van der Waals surface area (Å²) < 4.78 is 5.24. The van der Waals surface area contributed by atoms with Gasteiger partial charge in [0.15, 0.2) is 0 Å². The molecule has 0 unspecified atom stereocenters. The number of nitro groups is 1. The first-order valence-corrected chi connectivity index (χ1v) is 5.36. The van der Waals surface area contributed by atoms with Crippen LogP contribution in [0.2, 0.25) is 5.28 Å². The Kier molecular flexibility index (Phi) is 4.84. The van der Waals surface area contributed by atoms with Crippen molar-refractivity contribution in [1.29, 1.82) is 0 Å². The second kappa shape index (κ2) is 6.15. The largest absolute Gasteiger partial charge is 0.473 e. The number of allylic oxidation sites excluding steroid dienone is 1. The molecule has 92 valence electrons. The van der Waals surface area contributed by atoms with Gasteiger partial charge < -0.3 is 4.74 Å². The van der Waals surface area contributed by atoms with Crippen LogP contribution >= 0.6 is 11.6 Å². The summed E-state index contributed by atoms with van der Waals surface area (Å²) in [7, 11) is 0. The minimum Gasteiger partial charge on any atom is -0.473 e. The molecule has 1 aromatic heterocycles. The smallest absolute Gasteiger partial charge is 0.352 e. The summed E-state index contributed by atoms with van der Waals surface area (Å²) in [6.07, 6.45) is 3.23. The molecule has 7 heteroatoms. The highest BCUT2D eigenvalue weighted by atomic mass is 35.5. The maximum Gasteiger partial charge on any atom is 0.352 e. The van der Waals surface area contributed by atoms with Crippen LogP contribution in [-0.2, 0) is 0 Å². The number of halogens is 1. The van der Waals surface area contributed by atoms with Gasteiger partial charge in [-0.3, -0.25) is 10.1 Å². The molecule has 17 heavy (non-hydrogen) atoms. The molecule has 0 aliphatic rings. The standard InChI is InChI=1S/C10H12ClN3O3/c1-3-4-5-6-17-9-8(14(15)16)7(2)12-10(11)13-9/h3H,1,4-6H2,2H3. The molecular formula is C10H12ClN3O3. The zero-order valence-corrected chi connectivity index (χ0v) is 10.1. The second-order valence-electron chi connectivity index (χ2n) is 3.27. The lowest BCUT2D eigenvalue weighted by atomic mass is 10.3. The van der Waals surface area contributed by atoms with Crippen LogP contribution < -0.4 is 4.74 Å². The van der Waals surface area contributed by atoms with Crippen LogP contribution in [0, 0.1) is 17.0 Å². The van der Waals surface area contributed by atoms with Gasteiger partial charge in [-0.05, 0) is 31.4 Å². The summed E-state index contributed by atoms with van der Waals surface area (Å²) in [5.41, 5.74) is -0.0540. The average Bonchev–Trinajstić information content (AvgIpc) is 2.22. The van der Waals surface area contributed by atoms with E-state index in [1.54, 1.807) is 6.08 Å². The SMILES string of the molecule is C=CCCCOc1nc(Cl)nc(C)c1[N+](=O)[O-]. The van der Waals surface area contributed by atoms with Crippen LogP contribution in [0.5, 0.6) is 5.88 Å². The van der Waals surface area contributed by atoms with Gasteiger partial charge in [-0.25, -0.2) is 4.98 Å². The van der Waals surface area contributed by atoms with Gasteiger partial charge >= 0.3 is 5.69 Å². The van der Waals surface area contributed by atoms with E-state index in [9.17, 15) is 10.1 Å². The van der Waals surface area contributed by atoms with E-state index in [0.29, 0.717) is 13.0 Å². The van der Waals surface area contributed by atoms with Crippen LogP contribution in [0.25, 0.3) is 0 Å². The molecular weight excluding hydrogens is 246 g/mol. The summed E-state index contributed by atoms with van der Waals surface area (Å²) in [5, 5.41) is 10.8. The van der Waals surface area contributed by atoms with E-state index < -0.39 is 4.92 Å². The molecule has 0 saturated heterocycles. The Labute approximate surface area is 103 Å². The zero-order chi connectivity index (χ0) is 12.8. The van der Waals surface area contributed by atoms with Crippen LogP contribution in [0.1, 0.15) is 18.5 Å². The Morgan fingerprint density at radius 3 is 2.88 bits per heavy atom.